The van der Waals surface area contributed by atoms with Crippen LogP contribution in [0.2, 0.25) is 0 Å². The molecule has 0 fully saturated rings. The summed E-state index contributed by atoms with van der Waals surface area (Å²) in [5, 5.41) is 18.4. The van der Waals surface area contributed by atoms with E-state index in [4.69, 9.17) is 5.11 Å². The number of rotatable bonds is 21. The molecule has 7 heteroatoms. The fourth-order valence-electron chi connectivity index (χ4n) is 3.18. The van der Waals surface area contributed by atoms with Crippen molar-refractivity contribution < 1.29 is 27.0 Å². The lowest BCUT2D eigenvalue weighted by molar-refractivity contribution is 0.156. The van der Waals surface area contributed by atoms with Gasteiger partial charge in [0.2, 0.25) is 0 Å². The molecule has 0 aromatic carbocycles. The molecule has 0 bridgehead atoms. The van der Waals surface area contributed by atoms with Crippen LogP contribution in [0.3, 0.4) is 0 Å². The zero-order valence-electron chi connectivity index (χ0n) is 20.8. The van der Waals surface area contributed by atoms with Gasteiger partial charge in [-0.2, -0.15) is 8.42 Å². The summed E-state index contributed by atoms with van der Waals surface area (Å²) in [4.78, 5) is 0. The molecule has 0 aromatic heterocycles. The topological polar surface area (TPSA) is 93.1 Å². The Labute approximate surface area is 193 Å². The summed E-state index contributed by atoms with van der Waals surface area (Å²) in [5.41, 5.74) is 0. The second-order valence-electron chi connectivity index (χ2n) is 8.48. The maximum absolute atomic E-state index is 10.8. The monoisotopic (exact) mass is 468 g/mol. The van der Waals surface area contributed by atoms with E-state index < -0.39 is 10.4 Å². The van der Waals surface area contributed by atoms with Crippen LogP contribution in [-0.2, 0) is 18.8 Å². The zero-order chi connectivity index (χ0) is 23.8. The van der Waals surface area contributed by atoms with Gasteiger partial charge in [-0.1, -0.05) is 97.3 Å². The van der Waals surface area contributed by atoms with Gasteiger partial charge in [0.1, 0.15) is 0 Å². The summed E-state index contributed by atoms with van der Waals surface area (Å²) in [7, 11) is -2.68. The smallest absolute Gasteiger partial charge is 0.393 e. The highest BCUT2D eigenvalue weighted by molar-refractivity contribution is 7.81. The predicted octanol–water partition coefficient (Wildman–Crippen LogP) is 6.29. The Balaban J connectivity index is 0. The average molecular weight is 469 g/mol. The van der Waals surface area contributed by atoms with Crippen molar-refractivity contribution in [2.75, 3.05) is 13.7 Å². The van der Waals surface area contributed by atoms with Crippen LogP contribution in [0.15, 0.2) is 0 Å². The Morgan fingerprint density at radius 2 is 1.16 bits per heavy atom. The summed E-state index contributed by atoms with van der Waals surface area (Å²) in [6.45, 7) is 6.29. The highest BCUT2D eigenvalue weighted by atomic mass is 32.3. The number of aliphatic hydroxyl groups excluding tert-OH is 2. The Hall–Kier alpha value is -0.210. The van der Waals surface area contributed by atoms with Crippen LogP contribution in [0.4, 0.5) is 0 Å². The molecular weight excluding hydrogens is 416 g/mol. The highest BCUT2D eigenvalue weighted by Gasteiger charge is 2.07. The lowest BCUT2D eigenvalue weighted by Crippen LogP contribution is -2.08. The molecule has 0 amide bonds. The van der Waals surface area contributed by atoms with Gasteiger partial charge in [0, 0.05) is 0 Å². The van der Waals surface area contributed by atoms with Crippen LogP contribution in [0.5, 0.6) is 0 Å². The van der Waals surface area contributed by atoms with Gasteiger partial charge in [-0.05, 0) is 32.6 Å². The summed E-state index contributed by atoms with van der Waals surface area (Å²) in [5.74, 6) is 0. The van der Waals surface area contributed by atoms with Crippen molar-refractivity contribution in [2.45, 2.75) is 142 Å². The van der Waals surface area contributed by atoms with Gasteiger partial charge < -0.3 is 10.2 Å². The van der Waals surface area contributed by atoms with Gasteiger partial charge in [-0.25, -0.2) is 4.18 Å². The fourth-order valence-corrected chi connectivity index (χ4v) is 3.59. The second kappa shape index (κ2) is 24.4. The first-order valence-electron chi connectivity index (χ1n) is 12.6. The molecule has 0 aliphatic rings. The highest BCUT2D eigenvalue weighted by Crippen LogP contribution is 2.11. The number of aliphatic hydroxyl groups is 2. The quantitative estimate of drug-likeness (QED) is 0.192. The van der Waals surface area contributed by atoms with Crippen molar-refractivity contribution in [3.63, 3.8) is 0 Å². The maximum atomic E-state index is 10.8. The molecule has 6 nitrogen and oxygen atoms in total. The Kier molecular flexibility index (Phi) is 26.0. The molecule has 0 aromatic rings. The van der Waals surface area contributed by atoms with E-state index in [1.54, 1.807) is 6.92 Å². The molecule has 2 atom stereocenters. The van der Waals surface area contributed by atoms with Crippen molar-refractivity contribution >= 4 is 10.4 Å². The van der Waals surface area contributed by atoms with Gasteiger partial charge in [0.15, 0.2) is 0 Å². The molecule has 0 saturated heterocycles. The van der Waals surface area contributed by atoms with Crippen LogP contribution in [0.25, 0.3) is 0 Å². The van der Waals surface area contributed by atoms with E-state index in [2.05, 4.69) is 22.2 Å². The zero-order valence-corrected chi connectivity index (χ0v) is 21.6. The molecule has 2 unspecified atom stereocenters. The predicted molar refractivity (Wildman–Crippen MR) is 129 cm³/mol. The summed E-state index contributed by atoms with van der Waals surface area (Å²) in [6.07, 6.45) is 19.4. The number of unbranched alkanes of at least 4 members (excludes halogenated alkanes) is 12. The van der Waals surface area contributed by atoms with Gasteiger partial charge in [-0.3, -0.25) is 4.18 Å². The third-order valence-electron chi connectivity index (χ3n) is 5.31. The van der Waals surface area contributed by atoms with Crippen LogP contribution in [0, 0.1) is 0 Å². The third-order valence-corrected chi connectivity index (χ3v) is 6.17. The number of hydrogen-bond acceptors (Lipinski definition) is 6. The normalized spacial score (nSPS) is 13.5. The molecule has 0 spiro atoms. The molecule has 0 aliphatic heterocycles. The minimum absolute atomic E-state index is 0.0462. The van der Waals surface area contributed by atoms with Crippen LogP contribution in [0.1, 0.15) is 130 Å². The molecule has 0 rings (SSSR count). The van der Waals surface area contributed by atoms with Gasteiger partial charge in [0.25, 0.3) is 0 Å². The molecule has 0 heterocycles. The molecular formula is C24H52O6S. The lowest BCUT2D eigenvalue weighted by atomic mass is 10.0. The van der Waals surface area contributed by atoms with E-state index in [1.165, 1.54) is 51.4 Å². The van der Waals surface area contributed by atoms with Crippen molar-refractivity contribution in [3.05, 3.63) is 0 Å². The fraction of sp³-hybridized carbons (Fsp3) is 1.00. The molecule has 2 N–H and O–H groups in total. The van der Waals surface area contributed by atoms with Gasteiger partial charge in [-0.15, -0.1) is 0 Å². The minimum atomic E-state index is -3.76. The van der Waals surface area contributed by atoms with E-state index in [0.29, 0.717) is 0 Å². The third kappa shape index (κ3) is 29.8. The summed E-state index contributed by atoms with van der Waals surface area (Å²) < 4.78 is 30.2. The van der Waals surface area contributed by atoms with Gasteiger partial charge >= 0.3 is 10.4 Å². The van der Waals surface area contributed by atoms with E-state index in [0.717, 1.165) is 64.9 Å². The molecule has 190 valence electrons. The van der Waals surface area contributed by atoms with E-state index in [-0.39, 0.29) is 18.8 Å². The molecule has 0 radical (unpaired) electrons. The first-order chi connectivity index (χ1) is 14.8. The Morgan fingerprint density at radius 3 is 1.61 bits per heavy atom. The standard InChI is InChI=1S/C13H28O.C11H24O5S/c1-3-5-6-7-8-9-10-11-12-13(14)4-2;1-11(12)9-7-5-3-4-6-8-10-16-17(13,14)15-2/h13-14H,3-12H2,1-2H3;11-12H,3-10H2,1-2H3. The van der Waals surface area contributed by atoms with Crippen molar-refractivity contribution in [1.29, 1.82) is 0 Å². The van der Waals surface area contributed by atoms with Gasteiger partial charge in [0.05, 0.1) is 25.9 Å². The van der Waals surface area contributed by atoms with Crippen molar-refractivity contribution in [1.82, 2.24) is 0 Å². The maximum Gasteiger partial charge on any atom is 0.399 e. The van der Waals surface area contributed by atoms with Crippen LogP contribution < -0.4 is 0 Å². The van der Waals surface area contributed by atoms with E-state index in [9.17, 15) is 13.5 Å². The van der Waals surface area contributed by atoms with E-state index >= 15 is 0 Å². The van der Waals surface area contributed by atoms with Crippen molar-refractivity contribution in [3.8, 4) is 0 Å². The molecule has 31 heavy (non-hydrogen) atoms. The Morgan fingerprint density at radius 1 is 0.710 bits per heavy atom. The summed E-state index contributed by atoms with van der Waals surface area (Å²) >= 11 is 0. The minimum Gasteiger partial charge on any atom is -0.393 e. The van der Waals surface area contributed by atoms with E-state index in [1.807, 2.05) is 0 Å². The van der Waals surface area contributed by atoms with Crippen LogP contribution in [-0.4, -0.2) is 44.6 Å². The lowest BCUT2D eigenvalue weighted by Gasteiger charge is -2.06. The van der Waals surface area contributed by atoms with Crippen LogP contribution >= 0.6 is 0 Å². The largest absolute Gasteiger partial charge is 0.399 e. The first kappa shape index (κ1) is 33.0. The van der Waals surface area contributed by atoms with Crippen molar-refractivity contribution in [2.24, 2.45) is 0 Å². The SMILES string of the molecule is CCCCCCCCCCC(O)CC.COS(=O)(=O)OCCCCCCCCC(C)O. The molecule has 0 saturated carbocycles. The number of hydrogen-bond donors (Lipinski definition) is 2. The first-order valence-corrected chi connectivity index (χ1v) is 13.9. The average Bonchev–Trinajstić information content (AvgIpc) is 2.74. The molecule has 0 aliphatic carbocycles. The summed E-state index contributed by atoms with van der Waals surface area (Å²) in [6, 6.07) is 0. The Bertz CT molecular complexity index is 439. The second-order valence-corrected chi connectivity index (χ2v) is 9.87.